The van der Waals surface area contributed by atoms with E-state index < -0.39 is 0 Å². The van der Waals surface area contributed by atoms with Crippen molar-refractivity contribution in [1.29, 1.82) is 0 Å². The zero-order chi connectivity index (χ0) is 11.2. The van der Waals surface area contributed by atoms with Crippen molar-refractivity contribution >= 4 is 22.5 Å². The first kappa shape index (κ1) is 10.4. The van der Waals surface area contributed by atoms with Crippen LogP contribution >= 0.6 is 11.6 Å². The molecule has 0 radical (unpaired) electrons. The standard InChI is InChI=1S/C12H11ClFN/c1-6-4-9-10(13)5-7(2)15-12(9)8(3)11(6)14/h4-5H,1-3H3. The summed E-state index contributed by atoms with van der Waals surface area (Å²) in [6, 6.07) is 3.53. The monoisotopic (exact) mass is 223 g/mol. The molecule has 0 aliphatic carbocycles. The summed E-state index contributed by atoms with van der Waals surface area (Å²) in [5, 5.41) is 1.45. The second-order valence-electron chi connectivity index (χ2n) is 3.77. The SMILES string of the molecule is Cc1cc(Cl)c2cc(C)c(F)c(C)c2n1. The number of hydrogen-bond acceptors (Lipinski definition) is 1. The van der Waals surface area contributed by atoms with Gasteiger partial charge in [-0.05, 0) is 38.5 Å². The van der Waals surface area contributed by atoms with Crippen LogP contribution in [0, 0.1) is 26.6 Å². The zero-order valence-corrected chi connectivity index (χ0v) is 9.61. The molecule has 2 rings (SSSR count). The van der Waals surface area contributed by atoms with E-state index >= 15 is 0 Å². The van der Waals surface area contributed by atoms with Crippen LogP contribution in [0.3, 0.4) is 0 Å². The Bertz CT molecular complexity index is 549. The van der Waals surface area contributed by atoms with Crippen LogP contribution in [-0.4, -0.2) is 4.98 Å². The van der Waals surface area contributed by atoms with Gasteiger partial charge < -0.3 is 0 Å². The average Bonchev–Trinajstić information content (AvgIpc) is 2.17. The van der Waals surface area contributed by atoms with E-state index in [0.717, 1.165) is 11.1 Å². The number of fused-ring (bicyclic) bond motifs is 1. The molecule has 1 aromatic heterocycles. The summed E-state index contributed by atoms with van der Waals surface area (Å²) >= 11 is 6.10. The van der Waals surface area contributed by atoms with Crippen molar-refractivity contribution in [2.75, 3.05) is 0 Å². The second-order valence-corrected chi connectivity index (χ2v) is 4.18. The van der Waals surface area contributed by atoms with Gasteiger partial charge in [-0.2, -0.15) is 0 Å². The van der Waals surface area contributed by atoms with Crippen LogP contribution in [0.5, 0.6) is 0 Å². The maximum Gasteiger partial charge on any atom is 0.131 e. The Morgan fingerprint density at radius 3 is 2.53 bits per heavy atom. The molecule has 3 heteroatoms. The minimum absolute atomic E-state index is 0.198. The van der Waals surface area contributed by atoms with Crippen LogP contribution in [0.4, 0.5) is 4.39 Å². The third-order valence-electron chi connectivity index (χ3n) is 2.53. The summed E-state index contributed by atoms with van der Waals surface area (Å²) < 4.78 is 13.6. The van der Waals surface area contributed by atoms with Gasteiger partial charge in [0.15, 0.2) is 0 Å². The number of halogens is 2. The lowest BCUT2D eigenvalue weighted by Gasteiger charge is -2.08. The molecular weight excluding hydrogens is 213 g/mol. The van der Waals surface area contributed by atoms with Gasteiger partial charge >= 0.3 is 0 Å². The van der Waals surface area contributed by atoms with Crippen LogP contribution in [0.25, 0.3) is 10.9 Å². The summed E-state index contributed by atoms with van der Waals surface area (Å²) in [5.41, 5.74) is 2.63. The zero-order valence-electron chi connectivity index (χ0n) is 8.86. The lowest BCUT2D eigenvalue weighted by molar-refractivity contribution is 0.611. The van der Waals surface area contributed by atoms with Gasteiger partial charge in [-0.25, -0.2) is 4.39 Å². The van der Waals surface area contributed by atoms with Gasteiger partial charge in [0.1, 0.15) is 5.82 Å². The lowest BCUT2D eigenvalue weighted by atomic mass is 10.1. The molecule has 0 unspecified atom stereocenters. The lowest BCUT2D eigenvalue weighted by Crippen LogP contribution is -1.94. The van der Waals surface area contributed by atoms with Crippen molar-refractivity contribution in [3.63, 3.8) is 0 Å². The molecule has 0 bridgehead atoms. The van der Waals surface area contributed by atoms with E-state index in [0.29, 0.717) is 21.7 Å². The smallest absolute Gasteiger partial charge is 0.131 e. The van der Waals surface area contributed by atoms with E-state index in [1.807, 2.05) is 6.92 Å². The van der Waals surface area contributed by atoms with Gasteiger partial charge in [-0.1, -0.05) is 11.6 Å². The first-order valence-electron chi connectivity index (χ1n) is 4.73. The molecular formula is C12H11ClFN. The highest BCUT2D eigenvalue weighted by Gasteiger charge is 2.11. The van der Waals surface area contributed by atoms with Gasteiger partial charge in [0.25, 0.3) is 0 Å². The molecule has 0 N–H and O–H groups in total. The molecule has 1 nitrogen and oxygen atoms in total. The van der Waals surface area contributed by atoms with E-state index in [9.17, 15) is 4.39 Å². The number of pyridine rings is 1. The molecule has 2 aromatic rings. The number of aryl methyl sites for hydroxylation is 3. The molecule has 0 spiro atoms. The Labute approximate surface area is 92.9 Å². The van der Waals surface area contributed by atoms with E-state index in [4.69, 9.17) is 11.6 Å². The van der Waals surface area contributed by atoms with Crippen molar-refractivity contribution in [2.45, 2.75) is 20.8 Å². The van der Waals surface area contributed by atoms with Crippen molar-refractivity contribution in [1.82, 2.24) is 4.98 Å². The number of nitrogens with zero attached hydrogens (tertiary/aromatic N) is 1. The third-order valence-corrected chi connectivity index (χ3v) is 2.84. The molecule has 0 aliphatic heterocycles. The Morgan fingerprint density at radius 1 is 1.20 bits per heavy atom. The van der Waals surface area contributed by atoms with Gasteiger partial charge in [0.05, 0.1) is 10.5 Å². The topological polar surface area (TPSA) is 12.9 Å². The minimum atomic E-state index is -0.198. The normalized spacial score (nSPS) is 11.0. The van der Waals surface area contributed by atoms with Crippen LogP contribution in [0.15, 0.2) is 12.1 Å². The number of aromatic nitrogens is 1. The van der Waals surface area contributed by atoms with Crippen molar-refractivity contribution < 1.29 is 4.39 Å². The highest BCUT2D eigenvalue weighted by Crippen LogP contribution is 2.28. The second kappa shape index (κ2) is 3.46. The van der Waals surface area contributed by atoms with Crippen LogP contribution in [0.1, 0.15) is 16.8 Å². The quantitative estimate of drug-likeness (QED) is 0.659. The molecule has 1 heterocycles. The van der Waals surface area contributed by atoms with Crippen molar-refractivity contribution in [2.24, 2.45) is 0 Å². The van der Waals surface area contributed by atoms with Crippen molar-refractivity contribution in [3.8, 4) is 0 Å². The van der Waals surface area contributed by atoms with E-state index in [1.54, 1.807) is 26.0 Å². The molecule has 0 saturated heterocycles. The fourth-order valence-corrected chi connectivity index (χ4v) is 2.05. The van der Waals surface area contributed by atoms with E-state index in [1.165, 1.54) is 0 Å². The maximum atomic E-state index is 13.6. The van der Waals surface area contributed by atoms with Crippen molar-refractivity contribution in [3.05, 3.63) is 39.8 Å². The predicted molar refractivity (Wildman–Crippen MR) is 60.9 cm³/mol. The molecule has 15 heavy (non-hydrogen) atoms. The first-order valence-corrected chi connectivity index (χ1v) is 5.11. The van der Waals surface area contributed by atoms with Crippen LogP contribution < -0.4 is 0 Å². The first-order chi connectivity index (χ1) is 7.00. The predicted octanol–water partition coefficient (Wildman–Crippen LogP) is 3.95. The summed E-state index contributed by atoms with van der Waals surface area (Å²) in [5.74, 6) is -0.198. The Kier molecular flexibility index (Phi) is 2.39. The fourth-order valence-electron chi connectivity index (χ4n) is 1.75. The van der Waals surface area contributed by atoms with Gasteiger partial charge in [0.2, 0.25) is 0 Å². The Balaban J connectivity index is 2.98. The third kappa shape index (κ3) is 1.59. The van der Waals surface area contributed by atoms with Crippen LogP contribution in [0.2, 0.25) is 5.02 Å². The highest BCUT2D eigenvalue weighted by molar-refractivity contribution is 6.35. The van der Waals surface area contributed by atoms with Gasteiger partial charge in [-0.3, -0.25) is 4.98 Å². The van der Waals surface area contributed by atoms with Gasteiger partial charge in [-0.15, -0.1) is 0 Å². The number of rotatable bonds is 0. The summed E-state index contributed by atoms with van der Waals surface area (Å²) in [4.78, 5) is 4.31. The molecule has 0 fully saturated rings. The molecule has 0 atom stereocenters. The largest absolute Gasteiger partial charge is 0.253 e. The molecule has 1 aromatic carbocycles. The fraction of sp³-hybridized carbons (Fsp3) is 0.250. The maximum absolute atomic E-state index is 13.6. The Morgan fingerprint density at radius 2 is 1.87 bits per heavy atom. The summed E-state index contributed by atoms with van der Waals surface area (Å²) in [7, 11) is 0. The minimum Gasteiger partial charge on any atom is -0.253 e. The highest BCUT2D eigenvalue weighted by atomic mass is 35.5. The average molecular weight is 224 g/mol. The molecule has 78 valence electrons. The molecule has 0 amide bonds. The van der Waals surface area contributed by atoms with Crippen LogP contribution in [-0.2, 0) is 0 Å². The van der Waals surface area contributed by atoms with E-state index in [2.05, 4.69) is 4.98 Å². The van der Waals surface area contributed by atoms with Gasteiger partial charge in [0, 0.05) is 16.6 Å². The Hall–Kier alpha value is -1.15. The summed E-state index contributed by atoms with van der Waals surface area (Å²) in [6.07, 6.45) is 0. The number of hydrogen-bond donors (Lipinski definition) is 0. The molecule has 0 aliphatic rings. The van der Waals surface area contributed by atoms with E-state index in [-0.39, 0.29) is 5.82 Å². The molecule has 0 saturated carbocycles. The summed E-state index contributed by atoms with van der Waals surface area (Å²) in [6.45, 7) is 5.31. The number of benzene rings is 1.